The van der Waals surface area contributed by atoms with Crippen molar-refractivity contribution in [3.63, 3.8) is 0 Å². The molecule has 128 valence electrons. The lowest BCUT2D eigenvalue weighted by atomic mass is 10.1. The zero-order chi connectivity index (χ0) is 17.1. The number of benzene rings is 1. The van der Waals surface area contributed by atoms with Gasteiger partial charge in [0.2, 0.25) is 0 Å². The Morgan fingerprint density at radius 1 is 1.26 bits per heavy atom. The molecule has 23 heavy (non-hydrogen) atoms. The Morgan fingerprint density at radius 2 is 1.87 bits per heavy atom. The first-order valence-corrected chi connectivity index (χ1v) is 7.30. The van der Waals surface area contributed by atoms with Gasteiger partial charge in [-0.3, -0.25) is 0 Å². The SMILES string of the molecule is CN(C[C@@H]1CCC[C@H]1O)C(=O)NCc1c(F)c(F)cc(F)c1F. The second-order valence-corrected chi connectivity index (χ2v) is 5.74. The van der Waals surface area contributed by atoms with Gasteiger partial charge in [0.25, 0.3) is 0 Å². The summed E-state index contributed by atoms with van der Waals surface area (Å²) < 4.78 is 53.2. The first-order valence-electron chi connectivity index (χ1n) is 7.30. The lowest BCUT2D eigenvalue weighted by Crippen LogP contribution is -2.41. The Hall–Kier alpha value is -1.83. The number of hydrogen-bond donors (Lipinski definition) is 2. The zero-order valence-electron chi connectivity index (χ0n) is 12.6. The second-order valence-electron chi connectivity index (χ2n) is 5.74. The van der Waals surface area contributed by atoms with E-state index >= 15 is 0 Å². The Balaban J connectivity index is 1.96. The molecular weight excluding hydrogens is 316 g/mol. The highest BCUT2D eigenvalue weighted by Crippen LogP contribution is 2.26. The molecule has 2 amide bonds. The van der Waals surface area contributed by atoms with Crippen molar-refractivity contribution in [3.8, 4) is 0 Å². The van der Waals surface area contributed by atoms with Crippen LogP contribution in [0, 0.1) is 29.2 Å². The number of carbonyl (C=O) groups is 1. The average Bonchev–Trinajstić information content (AvgIpc) is 2.90. The van der Waals surface area contributed by atoms with E-state index in [9.17, 15) is 27.5 Å². The normalized spacial score (nSPS) is 20.6. The van der Waals surface area contributed by atoms with Crippen molar-refractivity contribution in [1.82, 2.24) is 10.2 Å². The quantitative estimate of drug-likeness (QED) is 0.657. The fourth-order valence-electron chi connectivity index (χ4n) is 2.74. The van der Waals surface area contributed by atoms with E-state index < -0.39 is 47.5 Å². The van der Waals surface area contributed by atoms with Crippen LogP contribution in [-0.2, 0) is 6.54 Å². The van der Waals surface area contributed by atoms with Gasteiger partial charge in [0.1, 0.15) is 0 Å². The smallest absolute Gasteiger partial charge is 0.317 e. The van der Waals surface area contributed by atoms with Gasteiger partial charge in [0.15, 0.2) is 23.3 Å². The van der Waals surface area contributed by atoms with Crippen molar-refractivity contribution in [1.29, 1.82) is 0 Å². The molecule has 0 saturated heterocycles. The summed E-state index contributed by atoms with van der Waals surface area (Å²) in [5.74, 6) is -6.15. The monoisotopic (exact) mass is 334 g/mol. The number of hydrogen-bond acceptors (Lipinski definition) is 2. The third kappa shape index (κ3) is 3.93. The van der Waals surface area contributed by atoms with E-state index in [0.29, 0.717) is 6.42 Å². The van der Waals surface area contributed by atoms with Crippen LogP contribution in [0.3, 0.4) is 0 Å². The van der Waals surface area contributed by atoms with Crippen LogP contribution in [0.15, 0.2) is 6.07 Å². The molecule has 2 N–H and O–H groups in total. The molecule has 0 unspecified atom stereocenters. The van der Waals surface area contributed by atoms with Crippen molar-refractivity contribution in [2.45, 2.75) is 31.9 Å². The summed E-state index contributed by atoms with van der Waals surface area (Å²) in [4.78, 5) is 13.2. The first-order chi connectivity index (χ1) is 10.8. The van der Waals surface area contributed by atoms with Crippen LogP contribution in [0.1, 0.15) is 24.8 Å². The topological polar surface area (TPSA) is 52.6 Å². The maximum Gasteiger partial charge on any atom is 0.317 e. The minimum atomic E-state index is -1.53. The number of carbonyl (C=O) groups excluding carboxylic acids is 1. The lowest BCUT2D eigenvalue weighted by molar-refractivity contribution is 0.114. The molecule has 2 rings (SSSR count). The van der Waals surface area contributed by atoms with Crippen molar-refractivity contribution in [3.05, 3.63) is 34.9 Å². The minimum Gasteiger partial charge on any atom is -0.393 e. The highest BCUT2D eigenvalue weighted by Gasteiger charge is 2.27. The van der Waals surface area contributed by atoms with Crippen LogP contribution in [-0.4, -0.2) is 35.7 Å². The molecule has 1 fully saturated rings. The van der Waals surface area contributed by atoms with Gasteiger partial charge in [0, 0.05) is 31.1 Å². The van der Waals surface area contributed by atoms with Crippen molar-refractivity contribution < 1.29 is 27.5 Å². The predicted octanol–water partition coefficient (Wildman–Crippen LogP) is 2.55. The average molecular weight is 334 g/mol. The molecule has 1 saturated carbocycles. The van der Waals surface area contributed by atoms with Crippen molar-refractivity contribution in [2.24, 2.45) is 5.92 Å². The summed E-state index contributed by atoms with van der Waals surface area (Å²) in [6.07, 6.45) is 1.87. The van der Waals surface area contributed by atoms with Crippen LogP contribution in [0.2, 0.25) is 0 Å². The molecule has 1 aliphatic rings. The third-order valence-corrected chi connectivity index (χ3v) is 4.09. The summed E-state index contributed by atoms with van der Waals surface area (Å²) in [5, 5.41) is 11.9. The predicted molar refractivity (Wildman–Crippen MR) is 74.5 cm³/mol. The number of aliphatic hydroxyl groups excluding tert-OH is 1. The largest absolute Gasteiger partial charge is 0.393 e. The van der Waals surface area contributed by atoms with Crippen molar-refractivity contribution >= 4 is 6.03 Å². The van der Waals surface area contributed by atoms with Crippen LogP contribution >= 0.6 is 0 Å². The molecule has 0 aromatic heterocycles. The Bertz CT molecular complexity index is 571. The van der Waals surface area contributed by atoms with E-state index in [0.717, 1.165) is 12.8 Å². The molecule has 1 aliphatic carbocycles. The summed E-state index contributed by atoms with van der Waals surface area (Å²) in [5.41, 5.74) is -0.870. The molecule has 0 spiro atoms. The van der Waals surface area contributed by atoms with Gasteiger partial charge < -0.3 is 15.3 Å². The Labute approximate surface area is 131 Å². The van der Waals surface area contributed by atoms with Crippen LogP contribution < -0.4 is 5.32 Å². The van der Waals surface area contributed by atoms with Gasteiger partial charge in [-0.05, 0) is 12.8 Å². The molecule has 0 heterocycles. The first kappa shape index (κ1) is 17.5. The summed E-state index contributed by atoms with van der Waals surface area (Å²) in [7, 11) is 1.47. The second kappa shape index (κ2) is 7.16. The molecule has 0 aliphatic heterocycles. The molecule has 1 aromatic carbocycles. The van der Waals surface area contributed by atoms with Gasteiger partial charge in [-0.1, -0.05) is 6.42 Å². The van der Waals surface area contributed by atoms with Gasteiger partial charge in [-0.25, -0.2) is 22.4 Å². The van der Waals surface area contributed by atoms with E-state index in [4.69, 9.17) is 0 Å². The van der Waals surface area contributed by atoms with Crippen LogP contribution in [0.5, 0.6) is 0 Å². The minimum absolute atomic E-state index is 0.0502. The number of rotatable bonds is 4. The Kier molecular flexibility index (Phi) is 5.46. The highest BCUT2D eigenvalue weighted by atomic mass is 19.2. The molecule has 0 bridgehead atoms. The molecule has 0 radical (unpaired) electrons. The number of nitrogens with one attached hydrogen (secondary N) is 1. The highest BCUT2D eigenvalue weighted by molar-refractivity contribution is 5.73. The number of nitrogens with zero attached hydrogens (tertiary/aromatic N) is 1. The Morgan fingerprint density at radius 3 is 2.39 bits per heavy atom. The standard InChI is InChI=1S/C15H18F4N2O2/c1-21(7-8-3-2-4-12(8)22)15(23)20-6-9-13(18)10(16)5-11(17)14(9)19/h5,8,12,22H,2-4,6-7H2,1H3,(H,20,23)/t8-,12+/m0/s1. The molecule has 2 atom stereocenters. The molecular formula is C15H18F4N2O2. The van der Waals surface area contributed by atoms with Gasteiger partial charge in [-0.15, -0.1) is 0 Å². The van der Waals surface area contributed by atoms with Gasteiger partial charge in [-0.2, -0.15) is 0 Å². The van der Waals surface area contributed by atoms with Crippen molar-refractivity contribution in [2.75, 3.05) is 13.6 Å². The number of amides is 2. The number of halogens is 4. The summed E-state index contributed by atoms with van der Waals surface area (Å²) in [6, 6.07) is -0.531. The third-order valence-electron chi connectivity index (χ3n) is 4.09. The van der Waals surface area contributed by atoms with E-state index in [1.54, 1.807) is 0 Å². The molecule has 4 nitrogen and oxygen atoms in total. The lowest BCUT2D eigenvalue weighted by Gasteiger charge is -2.23. The zero-order valence-corrected chi connectivity index (χ0v) is 12.6. The van der Waals surface area contributed by atoms with E-state index in [2.05, 4.69) is 5.32 Å². The van der Waals surface area contributed by atoms with E-state index in [-0.39, 0.29) is 18.5 Å². The fourth-order valence-corrected chi connectivity index (χ4v) is 2.74. The maximum absolute atomic E-state index is 13.5. The molecule has 8 heteroatoms. The number of urea groups is 1. The van der Waals surface area contributed by atoms with E-state index in [1.165, 1.54) is 11.9 Å². The van der Waals surface area contributed by atoms with E-state index in [1.807, 2.05) is 0 Å². The summed E-state index contributed by atoms with van der Waals surface area (Å²) in [6.45, 7) is -0.391. The number of aliphatic hydroxyl groups is 1. The summed E-state index contributed by atoms with van der Waals surface area (Å²) >= 11 is 0. The van der Waals surface area contributed by atoms with Crippen LogP contribution in [0.4, 0.5) is 22.4 Å². The fraction of sp³-hybridized carbons (Fsp3) is 0.533. The molecule has 1 aromatic rings. The van der Waals surface area contributed by atoms with Gasteiger partial charge in [0.05, 0.1) is 12.6 Å². The van der Waals surface area contributed by atoms with Gasteiger partial charge >= 0.3 is 6.03 Å². The van der Waals surface area contributed by atoms with Crippen LogP contribution in [0.25, 0.3) is 0 Å². The maximum atomic E-state index is 13.5.